The van der Waals surface area contributed by atoms with Crippen molar-refractivity contribution in [2.75, 3.05) is 11.9 Å². The molecule has 2 aromatic carbocycles. The van der Waals surface area contributed by atoms with Crippen LogP contribution >= 0.6 is 0 Å². The highest BCUT2D eigenvalue weighted by molar-refractivity contribution is 6.04. The Hall–Kier alpha value is -3.15. The molecule has 1 N–H and O–H groups in total. The minimum absolute atomic E-state index is 0.254. The van der Waals surface area contributed by atoms with Crippen molar-refractivity contribution in [3.05, 3.63) is 71.3 Å². The van der Waals surface area contributed by atoms with Gasteiger partial charge >= 0.3 is 0 Å². The fourth-order valence-corrected chi connectivity index (χ4v) is 3.79. The quantitative estimate of drug-likeness (QED) is 0.625. The zero-order valence-electron chi connectivity index (χ0n) is 16.5. The maximum atomic E-state index is 13.4. The van der Waals surface area contributed by atoms with Crippen molar-refractivity contribution in [1.82, 2.24) is 9.78 Å². The number of hydrogen-bond acceptors (Lipinski definition) is 3. The zero-order chi connectivity index (χ0) is 20.2. The number of carbonyl (C=O) groups is 1. The molecule has 1 heterocycles. The van der Waals surface area contributed by atoms with E-state index in [1.165, 1.54) is 12.1 Å². The second kappa shape index (κ2) is 8.47. The Balaban J connectivity index is 1.72. The normalized spacial score (nSPS) is 13.4. The molecule has 0 bridgehead atoms. The minimum Gasteiger partial charge on any atom is -0.492 e. The van der Waals surface area contributed by atoms with Crippen LogP contribution in [0.2, 0.25) is 0 Å². The number of rotatable bonds is 5. The van der Waals surface area contributed by atoms with E-state index in [1.807, 2.05) is 31.2 Å². The molecule has 1 aliphatic carbocycles. The van der Waals surface area contributed by atoms with E-state index >= 15 is 0 Å². The third-order valence-corrected chi connectivity index (χ3v) is 5.15. The zero-order valence-corrected chi connectivity index (χ0v) is 16.5. The Morgan fingerprint density at radius 3 is 2.66 bits per heavy atom. The number of aromatic nitrogens is 2. The third-order valence-electron chi connectivity index (χ3n) is 5.15. The van der Waals surface area contributed by atoms with Crippen LogP contribution in [0.15, 0.2) is 48.5 Å². The Bertz CT molecular complexity index is 1010. The van der Waals surface area contributed by atoms with Crippen LogP contribution in [-0.2, 0) is 12.8 Å². The van der Waals surface area contributed by atoms with Gasteiger partial charge in [-0.1, -0.05) is 18.6 Å². The molecule has 1 aromatic heterocycles. The Labute approximate surface area is 169 Å². The van der Waals surface area contributed by atoms with E-state index in [-0.39, 0.29) is 11.7 Å². The van der Waals surface area contributed by atoms with E-state index in [0.29, 0.717) is 23.7 Å². The summed E-state index contributed by atoms with van der Waals surface area (Å²) in [4.78, 5) is 13.2. The maximum absolute atomic E-state index is 13.4. The number of nitrogens with zero attached hydrogens (tertiary/aromatic N) is 2. The molecule has 4 rings (SSSR count). The van der Waals surface area contributed by atoms with E-state index in [2.05, 4.69) is 10.4 Å². The first-order valence-corrected chi connectivity index (χ1v) is 10.1. The molecular formula is C23H24FN3O2. The molecule has 0 saturated heterocycles. The number of amides is 1. The van der Waals surface area contributed by atoms with Crippen LogP contribution < -0.4 is 10.1 Å². The van der Waals surface area contributed by atoms with Gasteiger partial charge in [0.25, 0.3) is 5.91 Å². The van der Waals surface area contributed by atoms with Crippen LogP contribution in [0.4, 0.5) is 10.1 Å². The van der Waals surface area contributed by atoms with Gasteiger partial charge in [-0.15, -0.1) is 0 Å². The summed E-state index contributed by atoms with van der Waals surface area (Å²) in [6.07, 6.45) is 4.85. The van der Waals surface area contributed by atoms with Gasteiger partial charge in [0.05, 0.1) is 18.0 Å². The van der Waals surface area contributed by atoms with E-state index in [1.54, 1.807) is 16.8 Å². The molecule has 1 aliphatic rings. The average molecular weight is 393 g/mol. The van der Waals surface area contributed by atoms with Crippen LogP contribution in [0.1, 0.15) is 47.9 Å². The molecular weight excluding hydrogens is 369 g/mol. The number of ether oxygens (including phenoxy) is 1. The van der Waals surface area contributed by atoms with Gasteiger partial charge in [-0.05, 0) is 69.0 Å². The fraction of sp³-hybridized carbons (Fsp3) is 0.304. The third kappa shape index (κ3) is 4.01. The molecule has 1 amide bonds. The van der Waals surface area contributed by atoms with Crippen molar-refractivity contribution in [2.24, 2.45) is 0 Å². The molecule has 0 spiro atoms. The number of para-hydroxylation sites is 2. The van der Waals surface area contributed by atoms with Crippen molar-refractivity contribution in [1.29, 1.82) is 0 Å². The number of halogens is 1. The topological polar surface area (TPSA) is 56.1 Å². The summed E-state index contributed by atoms with van der Waals surface area (Å²) in [5.74, 6) is 0.0843. The Morgan fingerprint density at radius 1 is 1.10 bits per heavy atom. The van der Waals surface area contributed by atoms with E-state index in [4.69, 9.17) is 4.74 Å². The summed E-state index contributed by atoms with van der Waals surface area (Å²) in [5.41, 5.74) is 3.84. The standard InChI is InChI=1S/C23H24FN3O2/c1-2-29-21-11-7-6-9-19(21)25-23(28)22-18-8-4-3-5-10-20(18)27(26-22)17-14-12-16(24)13-15-17/h6-7,9,11-15H,2-5,8,10H2,1H3,(H,25,28). The summed E-state index contributed by atoms with van der Waals surface area (Å²) in [5, 5.41) is 7.60. The molecule has 6 heteroatoms. The van der Waals surface area contributed by atoms with Gasteiger partial charge in [0.2, 0.25) is 0 Å². The lowest BCUT2D eigenvalue weighted by molar-refractivity contribution is 0.102. The van der Waals surface area contributed by atoms with Crippen molar-refractivity contribution < 1.29 is 13.9 Å². The summed E-state index contributed by atoms with van der Waals surface area (Å²) in [6, 6.07) is 13.6. The fourth-order valence-electron chi connectivity index (χ4n) is 3.79. The van der Waals surface area contributed by atoms with Gasteiger partial charge in [0.15, 0.2) is 5.69 Å². The number of fused-ring (bicyclic) bond motifs is 1. The smallest absolute Gasteiger partial charge is 0.276 e. The molecule has 29 heavy (non-hydrogen) atoms. The summed E-state index contributed by atoms with van der Waals surface area (Å²) in [7, 11) is 0. The van der Waals surface area contributed by atoms with E-state index < -0.39 is 0 Å². The molecule has 5 nitrogen and oxygen atoms in total. The summed E-state index contributed by atoms with van der Waals surface area (Å²) < 4.78 is 20.8. The SMILES string of the molecule is CCOc1ccccc1NC(=O)c1nn(-c2ccc(F)cc2)c2c1CCCCC2. The van der Waals surface area contributed by atoms with Crippen LogP contribution in [0, 0.1) is 5.82 Å². The summed E-state index contributed by atoms with van der Waals surface area (Å²) in [6.45, 7) is 2.42. The first-order chi connectivity index (χ1) is 14.2. The predicted octanol–water partition coefficient (Wildman–Crippen LogP) is 4.93. The predicted molar refractivity (Wildman–Crippen MR) is 110 cm³/mol. The van der Waals surface area contributed by atoms with Crippen LogP contribution in [0.3, 0.4) is 0 Å². The maximum Gasteiger partial charge on any atom is 0.276 e. The van der Waals surface area contributed by atoms with Crippen LogP contribution in [0.5, 0.6) is 5.75 Å². The van der Waals surface area contributed by atoms with Crippen molar-refractivity contribution in [3.63, 3.8) is 0 Å². The molecule has 0 atom stereocenters. The van der Waals surface area contributed by atoms with Gasteiger partial charge in [0, 0.05) is 11.3 Å². The average Bonchev–Trinajstić information content (AvgIpc) is 2.91. The Morgan fingerprint density at radius 2 is 1.86 bits per heavy atom. The molecule has 3 aromatic rings. The lowest BCUT2D eigenvalue weighted by atomic mass is 10.1. The molecule has 0 unspecified atom stereocenters. The van der Waals surface area contributed by atoms with Crippen molar-refractivity contribution >= 4 is 11.6 Å². The molecule has 150 valence electrons. The second-order valence-corrected chi connectivity index (χ2v) is 7.11. The highest BCUT2D eigenvalue weighted by Crippen LogP contribution is 2.29. The lowest BCUT2D eigenvalue weighted by Gasteiger charge is -2.11. The number of carbonyl (C=O) groups excluding carboxylic acids is 1. The van der Waals surface area contributed by atoms with Gasteiger partial charge < -0.3 is 10.1 Å². The minimum atomic E-state index is -0.294. The number of nitrogens with one attached hydrogen (secondary N) is 1. The molecule has 0 radical (unpaired) electrons. The van der Waals surface area contributed by atoms with Crippen molar-refractivity contribution in [3.8, 4) is 11.4 Å². The molecule has 0 aliphatic heterocycles. The highest BCUT2D eigenvalue weighted by atomic mass is 19.1. The largest absolute Gasteiger partial charge is 0.492 e. The second-order valence-electron chi connectivity index (χ2n) is 7.11. The van der Waals surface area contributed by atoms with Crippen molar-refractivity contribution in [2.45, 2.75) is 39.0 Å². The van der Waals surface area contributed by atoms with E-state index in [9.17, 15) is 9.18 Å². The molecule has 0 fully saturated rings. The van der Waals surface area contributed by atoms with E-state index in [0.717, 1.165) is 49.0 Å². The number of hydrogen-bond donors (Lipinski definition) is 1. The molecule has 0 saturated carbocycles. The van der Waals surface area contributed by atoms with Gasteiger partial charge in [-0.25, -0.2) is 9.07 Å². The monoisotopic (exact) mass is 393 g/mol. The van der Waals surface area contributed by atoms with Crippen LogP contribution in [0.25, 0.3) is 5.69 Å². The summed E-state index contributed by atoms with van der Waals surface area (Å²) >= 11 is 0. The van der Waals surface area contributed by atoms with Gasteiger partial charge in [-0.2, -0.15) is 5.10 Å². The number of anilines is 1. The Kier molecular flexibility index (Phi) is 5.60. The first-order valence-electron chi connectivity index (χ1n) is 10.1. The van der Waals surface area contributed by atoms with Crippen LogP contribution in [-0.4, -0.2) is 22.3 Å². The highest BCUT2D eigenvalue weighted by Gasteiger charge is 2.25. The first kappa shape index (κ1) is 19.2. The number of benzene rings is 2. The lowest BCUT2D eigenvalue weighted by Crippen LogP contribution is -2.15. The van der Waals surface area contributed by atoms with Gasteiger partial charge in [0.1, 0.15) is 11.6 Å². The van der Waals surface area contributed by atoms with Gasteiger partial charge in [-0.3, -0.25) is 4.79 Å².